The van der Waals surface area contributed by atoms with Crippen molar-refractivity contribution in [2.75, 3.05) is 39.8 Å². The number of ether oxygens (including phenoxy) is 1. The number of rotatable bonds is 3. The van der Waals surface area contributed by atoms with Gasteiger partial charge in [-0.1, -0.05) is 18.6 Å². The number of aliphatic imine (C=N–C) groups is 1. The third kappa shape index (κ3) is 3.71. The Hall–Kier alpha value is -1.37. The number of nitriles is 1. The van der Waals surface area contributed by atoms with Crippen LogP contribution in [-0.4, -0.2) is 67.7 Å². The second-order valence-corrected chi connectivity index (χ2v) is 9.07. The summed E-state index contributed by atoms with van der Waals surface area (Å²) in [5.41, 5.74) is 2.38. The molecule has 3 atom stereocenters. The van der Waals surface area contributed by atoms with Crippen LogP contribution in [0.1, 0.15) is 36.8 Å². The van der Waals surface area contributed by atoms with Crippen LogP contribution in [0.3, 0.4) is 0 Å². The van der Waals surface area contributed by atoms with Crippen LogP contribution in [0, 0.1) is 22.7 Å². The molecule has 162 valence electrons. The third-order valence-electron chi connectivity index (χ3n) is 7.69. The number of nitrogens with zero attached hydrogens (tertiary/aromatic N) is 4. The molecule has 2 saturated heterocycles. The average molecular weight is 521 g/mol. The zero-order valence-corrected chi connectivity index (χ0v) is 20.0. The predicted octanol–water partition coefficient (Wildman–Crippen LogP) is 2.83. The van der Waals surface area contributed by atoms with E-state index in [1.165, 1.54) is 31.2 Å². The van der Waals surface area contributed by atoms with Crippen molar-refractivity contribution in [3.05, 3.63) is 35.4 Å². The van der Waals surface area contributed by atoms with Crippen LogP contribution in [-0.2, 0) is 11.3 Å². The summed E-state index contributed by atoms with van der Waals surface area (Å²) in [4.78, 5) is 9.55. The van der Waals surface area contributed by atoms with Crippen LogP contribution in [0.5, 0.6) is 0 Å². The zero-order valence-electron chi connectivity index (χ0n) is 17.7. The van der Waals surface area contributed by atoms with Crippen LogP contribution in [0.25, 0.3) is 0 Å². The second-order valence-electron chi connectivity index (χ2n) is 9.07. The van der Waals surface area contributed by atoms with E-state index < -0.39 is 0 Å². The van der Waals surface area contributed by atoms with Gasteiger partial charge in [0.2, 0.25) is 0 Å². The number of benzene rings is 1. The van der Waals surface area contributed by atoms with Gasteiger partial charge >= 0.3 is 0 Å². The minimum atomic E-state index is 0. The topological polar surface area (TPSA) is 63.9 Å². The Morgan fingerprint density at radius 1 is 1.23 bits per heavy atom. The fourth-order valence-corrected chi connectivity index (χ4v) is 5.95. The van der Waals surface area contributed by atoms with Gasteiger partial charge in [0.05, 0.1) is 17.7 Å². The summed E-state index contributed by atoms with van der Waals surface area (Å²) >= 11 is 0. The van der Waals surface area contributed by atoms with Gasteiger partial charge in [0, 0.05) is 63.8 Å². The summed E-state index contributed by atoms with van der Waals surface area (Å²) in [6.45, 7) is 5.94. The van der Waals surface area contributed by atoms with Crippen LogP contribution in [0.15, 0.2) is 29.3 Å². The van der Waals surface area contributed by atoms with E-state index in [-0.39, 0.29) is 24.0 Å². The molecule has 2 heterocycles. The normalized spacial score (nSPS) is 29.9. The molecule has 0 bridgehead atoms. The molecule has 2 aliphatic carbocycles. The highest BCUT2D eigenvalue weighted by Gasteiger charge is 2.66. The van der Waals surface area contributed by atoms with E-state index in [1.807, 2.05) is 19.2 Å². The van der Waals surface area contributed by atoms with Crippen molar-refractivity contribution >= 4 is 29.9 Å². The lowest BCUT2D eigenvalue weighted by molar-refractivity contribution is -0.171. The summed E-state index contributed by atoms with van der Waals surface area (Å²) in [5, 5.41) is 12.8. The Morgan fingerprint density at radius 2 is 1.97 bits per heavy atom. The standard InChI is InChI=1S/C23H31N5O.HI/c1-25-22(26-20-19-7-14-29-21(19)23(20)8-2-9-23)28-12-10-27(11-13-28)16-18-5-3-17(15-24)4-6-18;/h3-6,19-21H,2,7-14,16H2,1H3,(H,25,26);1H. The van der Waals surface area contributed by atoms with Gasteiger partial charge < -0.3 is 15.0 Å². The fraction of sp³-hybridized carbons (Fsp3) is 0.652. The molecule has 2 aliphatic heterocycles. The molecule has 3 unspecified atom stereocenters. The molecule has 4 fully saturated rings. The van der Waals surface area contributed by atoms with Gasteiger partial charge in [0.1, 0.15) is 0 Å². The van der Waals surface area contributed by atoms with Crippen molar-refractivity contribution < 1.29 is 4.74 Å². The van der Waals surface area contributed by atoms with E-state index in [4.69, 9.17) is 10.00 Å². The highest BCUT2D eigenvalue weighted by atomic mass is 127. The van der Waals surface area contributed by atoms with E-state index in [9.17, 15) is 0 Å². The molecule has 30 heavy (non-hydrogen) atoms. The number of fused-ring (bicyclic) bond motifs is 2. The average Bonchev–Trinajstić information content (AvgIpc) is 3.14. The van der Waals surface area contributed by atoms with Crippen molar-refractivity contribution in [1.82, 2.24) is 15.1 Å². The maximum atomic E-state index is 8.95. The first-order valence-electron chi connectivity index (χ1n) is 11.0. The van der Waals surface area contributed by atoms with Gasteiger partial charge in [-0.15, -0.1) is 24.0 Å². The van der Waals surface area contributed by atoms with Crippen LogP contribution >= 0.6 is 24.0 Å². The molecule has 1 N–H and O–H groups in total. The molecule has 5 rings (SSSR count). The lowest BCUT2D eigenvalue weighted by atomic mass is 9.46. The van der Waals surface area contributed by atoms with Gasteiger partial charge in [0.25, 0.3) is 0 Å². The Morgan fingerprint density at radius 3 is 2.57 bits per heavy atom. The lowest BCUT2D eigenvalue weighted by Crippen LogP contribution is -2.73. The summed E-state index contributed by atoms with van der Waals surface area (Å²) in [6.07, 6.45) is 5.65. The smallest absolute Gasteiger partial charge is 0.193 e. The monoisotopic (exact) mass is 521 g/mol. The number of piperazine rings is 1. The first-order valence-corrected chi connectivity index (χ1v) is 11.0. The number of halogens is 1. The van der Waals surface area contributed by atoms with Crippen LogP contribution in [0.4, 0.5) is 0 Å². The molecule has 6 nitrogen and oxygen atoms in total. The van der Waals surface area contributed by atoms with E-state index in [1.54, 1.807) is 0 Å². The molecular weight excluding hydrogens is 489 g/mol. The Bertz CT molecular complexity index is 808. The Kier molecular flexibility index (Phi) is 6.56. The SMILES string of the molecule is CN=C(NC1C2CCOC2C12CCC2)N1CCN(Cc2ccc(C#N)cc2)CC1.I. The maximum Gasteiger partial charge on any atom is 0.193 e. The molecule has 4 aliphatic rings. The molecule has 7 heteroatoms. The summed E-state index contributed by atoms with van der Waals surface area (Å²) in [5.74, 6) is 1.74. The Balaban J connectivity index is 0.00000218. The van der Waals surface area contributed by atoms with Gasteiger partial charge in [-0.05, 0) is 37.0 Å². The van der Waals surface area contributed by atoms with E-state index in [2.05, 4.69) is 38.3 Å². The van der Waals surface area contributed by atoms with E-state index >= 15 is 0 Å². The zero-order chi connectivity index (χ0) is 19.8. The minimum absolute atomic E-state index is 0. The van der Waals surface area contributed by atoms with Crippen molar-refractivity contribution in [3.63, 3.8) is 0 Å². The van der Waals surface area contributed by atoms with E-state index in [0.29, 0.717) is 23.5 Å². The lowest BCUT2D eigenvalue weighted by Gasteiger charge is -2.63. The molecule has 0 aromatic heterocycles. The summed E-state index contributed by atoms with van der Waals surface area (Å²) in [7, 11) is 1.92. The number of hydrogen-bond donors (Lipinski definition) is 1. The molecule has 0 amide bonds. The number of guanidine groups is 1. The molecule has 1 spiro atoms. The quantitative estimate of drug-likeness (QED) is 0.377. The van der Waals surface area contributed by atoms with E-state index in [0.717, 1.165) is 50.9 Å². The van der Waals surface area contributed by atoms with Crippen molar-refractivity contribution in [1.29, 1.82) is 5.26 Å². The number of nitrogens with one attached hydrogen (secondary N) is 1. The van der Waals surface area contributed by atoms with Gasteiger partial charge in [-0.3, -0.25) is 9.89 Å². The fourth-order valence-electron chi connectivity index (χ4n) is 5.95. The van der Waals surface area contributed by atoms with Gasteiger partial charge in [-0.2, -0.15) is 5.26 Å². The molecule has 0 radical (unpaired) electrons. The number of hydrogen-bond acceptors (Lipinski definition) is 4. The van der Waals surface area contributed by atoms with Crippen molar-refractivity contribution in [2.45, 2.75) is 44.4 Å². The van der Waals surface area contributed by atoms with Crippen LogP contribution in [0.2, 0.25) is 0 Å². The highest BCUT2D eigenvalue weighted by molar-refractivity contribution is 14.0. The van der Waals surface area contributed by atoms with Gasteiger partial charge in [-0.25, -0.2) is 0 Å². The molecule has 1 aromatic carbocycles. The maximum absolute atomic E-state index is 8.95. The Labute approximate surface area is 196 Å². The molecule has 1 aromatic rings. The van der Waals surface area contributed by atoms with Crippen molar-refractivity contribution in [2.24, 2.45) is 16.3 Å². The first kappa shape index (κ1) is 21.8. The third-order valence-corrected chi connectivity index (χ3v) is 7.69. The highest BCUT2D eigenvalue weighted by Crippen LogP contribution is 2.62. The second kappa shape index (κ2) is 9.01. The molecule has 2 saturated carbocycles. The summed E-state index contributed by atoms with van der Waals surface area (Å²) in [6, 6.07) is 10.7. The minimum Gasteiger partial charge on any atom is -0.377 e. The van der Waals surface area contributed by atoms with Crippen LogP contribution < -0.4 is 5.32 Å². The largest absolute Gasteiger partial charge is 0.377 e. The van der Waals surface area contributed by atoms with Crippen molar-refractivity contribution in [3.8, 4) is 6.07 Å². The first-order chi connectivity index (χ1) is 14.2. The molecular formula is C23H32IN5O. The summed E-state index contributed by atoms with van der Waals surface area (Å²) < 4.78 is 6.07. The van der Waals surface area contributed by atoms with Gasteiger partial charge in [0.15, 0.2) is 5.96 Å². The predicted molar refractivity (Wildman–Crippen MR) is 128 cm³/mol.